The summed E-state index contributed by atoms with van der Waals surface area (Å²) in [6.45, 7) is 1.59. The molecule has 20 heavy (non-hydrogen) atoms. The average molecular weight is 309 g/mol. The van der Waals surface area contributed by atoms with E-state index in [0.717, 1.165) is 12.1 Å². The van der Waals surface area contributed by atoms with E-state index < -0.39 is 29.6 Å². The molecule has 0 aliphatic carbocycles. The van der Waals surface area contributed by atoms with Crippen LogP contribution in [0.3, 0.4) is 0 Å². The molecule has 0 heterocycles. The van der Waals surface area contributed by atoms with Gasteiger partial charge in [0.05, 0.1) is 12.6 Å². The van der Waals surface area contributed by atoms with E-state index >= 15 is 0 Å². The summed E-state index contributed by atoms with van der Waals surface area (Å²) in [4.78, 5) is 13.2. The van der Waals surface area contributed by atoms with E-state index in [9.17, 15) is 13.6 Å². The third kappa shape index (κ3) is 4.13. The number of hydrogen-bond donors (Lipinski definition) is 1. The highest BCUT2D eigenvalue weighted by Crippen LogP contribution is 2.24. The first-order valence-corrected chi connectivity index (χ1v) is 5.85. The van der Waals surface area contributed by atoms with Gasteiger partial charge >= 0.3 is 0 Å². The summed E-state index contributed by atoms with van der Waals surface area (Å²) in [5, 5.41) is 0. The van der Waals surface area contributed by atoms with E-state index in [1.165, 1.54) is 25.1 Å². The molecule has 114 valence electrons. The van der Waals surface area contributed by atoms with Crippen molar-refractivity contribution in [3.05, 3.63) is 35.4 Å². The zero-order valence-electron chi connectivity index (χ0n) is 11.6. The molecule has 7 heteroatoms. The Hall–Kier alpha value is -1.24. The molecule has 0 radical (unpaired) electrons. The molecule has 1 rings (SSSR count). The maximum atomic E-state index is 13.6. The van der Waals surface area contributed by atoms with Gasteiger partial charge in [0.1, 0.15) is 17.7 Å². The Morgan fingerprint density at radius 2 is 1.90 bits per heavy atom. The van der Waals surface area contributed by atoms with Gasteiger partial charge in [0.25, 0.3) is 0 Å². The van der Waals surface area contributed by atoms with Crippen LogP contribution in [0.15, 0.2) is 18.2 Å². The molecule has 0 aliphatic heterocycles. The Morgan fingerprint density at radius 3 is 2.35 bits per heavy atom. The van der Waals surface area contributed by atoms with Gasteiger partial charge in [0, 0.05) is 19.7 Å². The van der Waals surface area contributed by atoms with E-state index in [1.54, 1.807) is 6.92 Å². The highest BCUT2D eigenvalue weighted by molar-refractivity contribution is 5.85. The SMILES string of the molecule is COCC(N)C(=O)N(C)C(C)c1c(F)cccc1F.Cl. The van der Waals surface area contributed by atoms with E-state index in [2.05, 4.69) is 0 Å². The number of rotatable bonds is 5. The molecule has 2 N–H and O–H groups in total. The Balaban J connectivity index is 0.00000361. The van der Waals surface area contributed by atoms with Crippen LogP contribution < -0.4 is 5.73 Å². The van der Waals surface area contributed by atoms with Crippen molar-refractivity contribution >= 4 is 18.3 Å². The minimum atomic E-state index is -0.854. The molecule has 0 aliphatic rings. The lowest BCUT2D eigenvalue weighted by Gasteiger charge is -2.28. The van der Waals surface area contributed by atoms with Crippen molar-refractivity contribution in [3.8, 4) is 0 Å². The summed E-state index contributed by atoms with van der Waals surface area (Å²) in [6.07, 6.45) is 0. The lowest BCUT2D eigenvalue weighted by Crippen LogP contribution is -2.45. The fourth-order valence-corrected chi connectivity index (χ4v) is 1.81. The van der Waals surface area contributed by atoms with Crippen LogP contribution in [0.4, 0.5) is 8.78 Å². The Morgan fingerprint density at radius 1 is 1.40 bits per heavy atom. The minimum Gasteiger partial charge on any atom is -0.383 e. The number of amides is 1. The second-order valence-electron chi connectivity index (χ2n) is 4.32. The van der Waals surface area contributed by atoms with E-state index in [-0.39, 0.29) is 24.6 Å². The van der Waals surface area contributed by atoms with Crippen molar-refractivity contribution in [3.63, 3.8) is 0 Å². The van der Waals surface area contributed by atoms with Gasteiger partial charge in [-0.3, -0.25) is 4.79 Å². The molecular formula is C13H19ClF2N2O2. The van der Waals surface area contributed by atoms with Crippen LogP contribution in [0.5, 0.6) is 0 Å². The Kier molecular flexibility index (Phi) is 7.63. The molecular weight excluding hydrogens is 290 g/mol. The van der Waals surface area contributed by atoms with Crippen LogP contribution in [0.1, 0.15) is 18.5 Å². The number of carbonyl (C=O) groups is 1. The number of halogens is 3. The molecule has 0 bridgehead atoms. The second-order valence-corrected chi connectivity index (χ2v) is 4.32. The Labute approximate surface area is 123 Å². The highest BCUT2D eigenvalue weighted by atomic mass is 35.5. The van der Waals surface area contributed by atoms with Crippen LogP contribution in [0, 0.1) is 11.6 Å². The van der Waals surface area contributed by atoms with Crippen molar-refractivity contribution in [2.24, 2.45) is 5.73 Å². The minimum absolute atomic E-state index is 0. The fourth-order valence-electron chi connectivity index (χ4n) is 1.81. The molecule has 2 atom stereocenters. The van der Waals surface area contributed by atoms with E-state index in [0.29, 0.717) is 0 Å². The first-order valence-electron chi connectivity index (χ1n) is 5.85. The monoisotopic (exact) mass is 308 g/mol. The molecule has 0 spiro atoms. The third-order valence-electron chi connectivity index (χ3n) is 3.01. The van der Waals surface area contributed by atoms with Crippen molar-refractivity contribution < 1.29 is 18.3 Å². The summed E-state index contributed by atoms with van der Waals surface area (Å²) in [7, 11) is 2.88. The van der Waals surface area contributed by atoms with Crippen molar-refractivity contribution in [1.29, 1.82) is 0 Å². The molecule has 0 saturated heterocycles. The van der Waals surface area contributed by atoms with Crippen molar-refractivity contribution in [2.45, 2.75) is 19.0 Å². The molecule has 2 unspecified atom stereocenters. The number of hydrogen-bond acceptors (Lipinski definition) is 3. The standard InChI is InChI=1S/C13H18F2N2O2.ClH/c1-8(12-9(14)5-4-6-10(12)15)17(2)13(18)11(16)7-19-3;/h4-6,8,11H,7,16H2,1-3H3;1H. The lowest BCUT2D eigenvalue weighted by atomic mass is 10.1. The van der Waals surface area contributed by atoms with Crippen LogP contribution in [0.25, 0.3) is 0 Å². The van der Waals surface area contributed by atoms with Gasteiger partial charge < -0.3 is 15.4 Å². The first-order chi connectivity index (χ1) is 8.90. The zero-order valence-corrected chi connectivity index (χ0v) is 12.4. The Bertz CT molecular complexity index is 440. The molecule has 0 fully saturated rings. The maximum Gasteiger partial charge on any atom is 0.242 e. The molecule has 0 aromatic heterocycles. The number of benzene rings is 1. The van der Waals surface area contributed by atoms with E-state index in [4.69, 9.17) is 10.5 Å². The summed E-state index contributed by atoms with van der Waals surface area (Å²) in [5.74, 6) is -1.81. The number of carbonyl (C=O) groups excluding carboxylic acids is 1. The van der Waals surface area contributed by atoms with Crippen LogP contribution >= 0.6 is 12.4 Å². The summed E-state index contributed by atoms with van der Waals surface area (Å²) in [6, 6.07) is 1.98. The topological polar surface area (TPSA) is 55.6 Å². The van der Waals surface area contributed by atoms with E-state index in [1.807, 2.05) is 0 Å². The van der Waals surface area contributed by atoms with Crippen LogP contribution in [0.2, 0.25) is 0 Å². The predicted molar refractivity (Wildman–Crippen MR) is 74.6 cm³/mol. The smallest absolute Gasteiger partial charge is 0.242 e. The predicted octanol–water partition coefficient (Wildman–Crippen LogP) is 1.88. The van der Waals surface area contributed by atoms with Gasteiger partial charge in [-0.25, -0.2) is 8.78 Å². The molecule has 1 aromatic rings. The van der Waals surface area contributed by atoms with Gasteiger partial charge in [-0.05, 0) is 19.1 Å². The quantitative estimate of drug-likeness (QED) is 0.903. The first kappa shape index (κ1) is 18.8. The molecule has 1 aromatic carbocycles. The van der Waals surface area contributed by atoms with Crippen molar-refractivity contribution in [2.75, 3.05) is 20.8 Å². The fraction of sp³-hybridized carbons (Fsp3) is 0.462. The lowest BCUT2D eigenvalue weighted by molar-refractivity contribution is -0.134. The summed E-state index contributed by atoms with van der Waals surface area (Å²) < 4.78 is 32.1. The highest BCUT2D eigenvalue weighted by Gasteiger charge is 2.26. The summed E-state index contributed by atoms with van der Waals surface area (Å²) >= 11 is 0. The van der Waals surface area contributed by atoms with Crippen LogP contribution in [-0.4, -0.2) is 37.6 Å². The second kappa shape index (κ2) is 8.14. The average Bonchev–Trinajstić information content (AvgIpc) is 2.36. The molecule has 1 amide bonds. The van der Waals surface area contributed by atoms with Gasteiger partial charge in [-0.15, -0.1) is 12.4 Å². The number of methoxy groups -OCH3 is 1. The van der Waals surface area contributed by atoms with Gasteiger partial charge in [0.15, 0.2) is 0 Å². The largest absolute Gasteiger partial charge is 0.383 e. The molecule has 0 saturated carbocycles. The normalized spacial score (nSPS) is 13.3. The summed E-state index contributed by atoms with van der Waals surface area (Å²) in [5.41, 5.74) is 5.47. The van der Waals surface area contributed by atoms with Gasteiger partial charge in [-0.2, -0.15) is 0 Å². The maximum absolute atomic E-state index is 13.6. The van der Waals surface area contributed by atoms with Gasteiger partial charge in [0.2, 0.25) is 5.91 Å². The number of likely N-dealkylation sites (N-methyl/N-ethyl adjacent to an activating group) is 1. The zero-order chi connectivity index (χ0) is 14.6. The number of nitrogens with zero attached hydrogens (tertiary/aromatic N) is 1. The number of nitrogens with two attached hydrogens (primary N) is 1. The van der Waals surface area contributed by atoms with Crippen LogP contribution in [-0.2, 0) is 9.53 Å². The molecule has 4 nitrogen and oxygen atoms in total. The third-order valence-corrected chi connectivity index (χ3v) is 3.01. The van der Waals surface area contributed by atoms with Gasteiger partial charge in [-0.1, -0.05) is 6.07 Å². The number of ether oxygens (including phenoxy) is 1. The van der Waals surface area contributed by atoms with Crippen molar-refractivity contribution in [1.82, 2.24) is 4.90 Å².